The molecule has 0 amide bonds. The minimum Gasteiger partial charge on any atom is -0.465 e. The molecule has 68 valence electrons. The van der Waals surface area contributed by atoms with Crippen LogP contribution < -0.4 is 5.73 Å². The van der Waals surface area contributed by atoms with Gasteiger partial charge in [-0.15, -0.1) is 23.7 Å². The van der Waals surface area contributed by atoms with Crippen LogP contribution in [0.15, 0.2) is 5.38 Å². The number of esters is 1. The summed E-state index contributed by atoms with van der Waals surface area (Å²) >= 11 is 1.45. The monoisotopic (exact) mass is 207 g/mol. The molecule has 0 spiro atoms. The quantitative estimate of drug-likeness (QED) is 0.716. The van der Waals surface area contributed by atoms with Gasteiger partial charge in [-0.1, -0.05) is 0 Å². The molecule has 1 heterocycles. The second kappa shape index (κ2) is 4.33. The van der Waals surface area contributed by atoms with E-state index in [1.807, 2.05) is 6.92 Å². The molecule has 0 aliphatic heterocycles. The lowest BCUT2D eigenvalue weighted by molar-refractivity contribution is 0.0602. The number of carbonyl (C=O) groups excluding carboxylic acids is 1. The molecule has 1 rings (SSSR count). The highest BCUT2D eigenvalue weighted by atomic mass is 35.5. The smallest absolute Gasteiger partial charge is 0.340 e. The van der Waals surface area contributed by atoms with Gasteiger partial charge in [0.1, 0.15) is 0 Å². The summed E-state index contributed by atoms with van der Waals surface area (Å²) in [6.07, 6.45) is 0. The minimum absolute atomic E-state index is 0. The molecule has 1 aromatic rings. The lowest BCUT2D eigenvalue weighted by atomic mass is 10.2. The van der Waals surface area contributed by atoms with Crippen molar-refractivity contribution in [3.05, 3.63) is 15.8 Å². The van der Waals surface area contributed by atoms with Crippen LogP contribution in [0.4, 0.5) is 5.69 Å². The zero-order valence-electron chi connectivity index (χ0n) is 6.79. The molecule has 0 saturated carbocycles. The predicted octanol–water partition coefficient (Wildman–Crippen LogP) is 1.85. The second-order valence-electron chi connectivity index (χ2n) is 2.11. The lowest BCUT2D eigenvalue weighted by Crippen LogP contribution is -2.02. The van der Waals surface area contributed by atoms with Crippen LogP contribution >= 0.6 is 23.7 Å². The molecule has 1 aromatic heterocycles. The average molecular weight is 208 g/mol. The summed E-state index contributed by atoms with van der Waals surface area (Å²) in [6.45, 7) is 1.87. The van der Waals surface area contributed by atoms with Crippen LogP contribution in [0.5, 0.6) is 0 Å². The first-order chi connectivity index (χ1) is 5.16. The highest BCUT2D eigenvalue weighted by Gasteiger charge is 2.12. The van der Waals surface area contributed by atoms with Crippen molar-refractivity contribution >= 4 is 35.4 Å². The van der Waals surface area contributed by atoms with Gasteiger partial charge in [-0.05, 0) is 6.92 Å². The van der Waals surface area contributed by atoms with Gasteiger partial charge >= 0.3 is 5.97 Å². The molecule has 0 saturated heterocycles. The number of rotatable bonds is 1. The van der Waals surface area contributed by atoms with Gasteiger partial charge in [-0.3, -0.25) is 0 Å². The van der Waals surface area contributed by atoms with Crippen molar-refractivity contribution in [3.8, 4) is 0 Å². The molecule has 3 nitrogen and oxygen atoms in total. The fourth-order valence-corrected chi connectivity index (χ4v) is 1.49. The SMILES string of the molecule is COC(=O)c1csc(C)c1N.Cl. The molecule has 5 heteroatoms. The van der Waals surface area contributed by atoms with Crippen molar-refractivity contribution in [3.63, 3.8) is 0 Å². The fraction of sp³-hybridized carbons (Fsp3) is 0.286. The summed E-state index contributed by atoms with van der Waals surface area (Å²) < 4.78 is 4.52. The van der Waals surface area contributed by atoms with E-state index in [0.717, 1.165) is 4.88 Å². The van der Waals surface area contributed by atoms with Crippen molar-refractivity contribution in [2.75, 3.05) is 12.8 Å². The number of halogens is 1. The first kappa shape index (κ1) is 11.3. The van der Waals surface area contributed by atoms with Crippen molar-refractivity contribution in [2.24, 2.45) is 0 Å². The van der Waals surface area contributed by atoms with Gasteiger partial charge in [0.25, 0.3) is 0 Å². The van der Waals surface area contributed by atoms with E-state index in [4.69, 9.17) is 5.73 Å². The number of methoxy groups -OCH3 is 1. The number of aryl methyl sites for hydroxylation is 1. The maximum absolute atomic E-state index is 11.0. The summed E-state index contributed by atoms with van der Waals surface area (Å²) in [5.74, 6) is -0.369. The molecule has 0 atom stereocenters. The van der Waals surface area contributed by atoms with Gasteiger partial charge in [0.05, 0.1) is 18.4 Å². The number of carbonyl (C=O) groups is 1. The van der Waals surface area contributed by atoms with E-state index >= 15 is 0 Å². The van der Waals surface area contributed by atoms with Gasteiger partial charge in [0.2, 0.25) is 0 Å². The molecule has 0 aromatic carbocycles. The first-order valence-corrected chi connectivity index (χ1v) is 3.96. The van der Waals surface area contributed by atoms with E-state index in [2.05, 4.69) is 4.74 Å². The van der Waals surface area contributed by atoms with Crippen LogP contribution in [0, 0.1) is 6.92 Å². The van der Waals surface area contributed by atoms with Gasteiger partial charge in [-0.2, -0.15) is 0 Å². The molecule has 0 aliphatic rings. The first-order valence-electron chi connectivity index (χ1n) is 3.08. The van der Waals surface area contributed by atoms with E-state index in [-0.39, 0.29) is 18.4 Å². The van der Waals surface area contributed by atoms with E-state index in [1.54, 1.807) is 5.38 Å². The fourth-order valence-electron chi connectivity index (χ4n) is 0.732. The summed E-state index contributed by atoms with van der Waals surface area (Å²) in [5.41, 5.74) is 6.59. The third-order valence-electron chi connectivity index (χ3n) is 1.43. The Bertz CT molecular complexity index is 285. The Labute approximate surface area is 80.9 Å². The molecule has 0 bridgehead atoms. The Morgan fingerprint density at radius 1 is 1.67 bits per heavy atom. The summed E-state index contributed by atoms with van der Waals surface area (Å²) in [6, 6.07) is 0. The van der Waals surface area contributed by atoms with Gasteiger partial charge in [0.15, 0.2) is 0 Å². The van der Waals surface area contributed by atoms with Crippen LogP contribution in [-0.2, 0) is 4.74 Å². The third kappa shape index (κ3) is 1.89. The molecular formula is C7H10ClNO2S. The largest absolute Gasteiger partial charge is 0.465 e. The number of ether oxygens (including phenoxy) is 1. The number of nitrogen functional groups attached to an aromatic ring is 1. The van der Waals surface area contributed by atoms with Crippen LogP contribution in [-0.4, -0.2) is 13.1 Å². The lowest BCUT2D eigenvalue weighted by Gasteiger charge is -1.96. The highest BCUT2D eigenvalue weighted by Crippen LogP contribution is 2.24. The molecule has 0 aliphatic carbocycles. The van der Waals surface area contributed by atoms with Crippen molar-refractivity contribution in [2.45, 2.75) is 6.92 Å². The number of hydrogen-bond donors (Lipinski definition) is 1. The predicted molar refractivity (Wildman–Crippen MR) is 52.1 cm³/mol. The normalized spacial score (nSPS) is 8.83. The number of nitrogens with two attached hydrogens (primary N) is 1. The van der Waals surface area contributed by atoms with E-state index in [0.29, 0.717) is 11.3 Å². The molecule has 0 unspecified atom stereocenters. The van der Waals surface area contributed by atoms with E-state index in [1.165, 1.54) is 18.4 Å². The van der Waals surface area contributed by atoms with E-state index in [9.17, 15) is 4.79 Å². The van der Waals surface area contributed by atoms with Crippen molar-refractivity contribution in [1.82, 2.24) is 0 Å². The van der Waals surface area contributed by atoms with Crippen molar-refractivity contribution in [1.29, 1.82) is 0 Å². The van der Waals surface area contributed by atoms with Gasteiger partial charge in [-0.25, -0.2) is 4.79 Å². The second-order valence-corrected chi connectivity index (χ2v) is 3.19. The standard InChI is InChI=1S/C7H9NO2S.ClH/c1-4-6(8)5(3-11-4)7(9)10-2;/h3H,8H2,1-2H3;1H. The molecule has 12 heavy (non-hydrogen) atoms. The Balaban J connectivity index is 0.00000121. The zero-order valence-corrected chi connectivity index (χ0v) is 8.42. The number of hydrogen-bond acceptors (Lipinski definition) is 4. The average Bonchev–Trinajstić information content (AvgIpc) is 2.32. The van der Waals surface area contributed by atoms with Crippen LogP contribution in [0.2, 0.25) is 0 Å². The Morgan fingerprint density at radius 3 is 2.58 bits per heavy atom. The number of anilines is 1. The van der Waals surface area contributed by atoms with Crippen molar-refractivity contribution < 1.29 is 9.53 Å². The maximum atomic E-state index is 11.0. The zero-order chi connectivity index (χ0) is 8.43. The molecule has 0 fully saturated rings. The number of thiophene rings is 1. The Hall–Kier alpha value is -0.740. The Morgan fingerprint density at radius 2 is 2.25 bits per heavy atom. The third-order valence-corrected chi connectivity index (χ3v) is 2.36. The van der Waals surface area contributed by atoms with Crippen LogP contribution in [0.1, 0.15) is 15.2 Å². The minimum atomic E-state index is -0.369. The molecule has 0 radical (unpaired) electrons. The Kier molecular flexibility index (Phi) is 4.06. The topological polar surface area (TPSA) is 52.3 Å². The highest BCUT2D eigenvalue weighted by molar-refractivity contribution is 7.10. The van der Waals surface area contributed by atoms with Gasteiger partial charge in [0, 0.05) is 10.3 Å². The van der Waals surface area contributed by atoms with Crippen LogP contribution in [0.25, 0.3) is 0 Å². The molecule has 2 N–H and O–H groups in total. The maximum Gasteiger partial charge on any atom is 0.340 e. The summed E-state index contributed by atoms with van der Waals surface area (Å²) in [4.78, 5) is 11.9. The molecular weight excluding hydrogens is 198 g/mol. The summed E-state index contributed by atoms with van der Waals surface area (Å²) in [7, 11) is 1.34. The summed E-state index contributed by atoms with van der Waals surface area (Å²) in [5, 5.41) is 1.70. The van der Waals surface area contributed by atoms with E-state index < -0.39 is 0 Å². The van der Waals surface area contributed by atoms with Crippen LogP contribution in [0.3, 0.4) is 0 Å². The van der Waals surface area contributed by atoms with Gasteiger partial charge < -0.3 is 10.5 Å².